The molecule has 28 heavy (non-hydrogen) atoms. The van der Waals surface area contributed by atoms with Gasteiger partial charge in [-0.25, -0.2) is 0 Å². The van der Waals surface area contributed by atoms with Crippen molar-refractivity contribution in [2.75, 3.05) is 14.2 Å². The van der Waals surface area contributed by atoms with Crippen LogP contribution in [0.2, 0.25) is 0 Å². The fourth-order valence-electron chi connectivity index (χ4n) is 4.84. The zero-order chi connectivity index (χ0) is 19.4. The monoisotopic (exact) mass is 370 g/mol. The van der Waals surface area contributed by atoms with Crippen LogP contribution in [0.15, 0.2) is 48.5 Å². The standard InChI is InChI=1S/C24H18O4/c1-27-21-9-19-17(7-13(21)11-25)23-15-5-3-4-6-16(15)24(19)20-10-22(28-2)14(12-26)8-18(20)23/h3-12,23-24H,1-2H3. The number of ether oxygens (including phenoxy) is 2. The lowest BCUT2D eigenvalue weighted by molar-refractivity contribution is 0.111. The van der Waals surface area contributed by atoms with E-state index in [-0.39, 0.29) is 11.8 Å². The lowest BCUT2D eigenvalue weighted by Gasteiger charge is -2.42. The number of aldehydes is 2. The minimum atomic E-state index is -0.0274. The molecule has 0 heterocycles. The minimum absolute atomic E-state index is 0.00963. The highest BCUT2D eigenvalue weighted by Gasteiger charge is 2.42. The summed E-state index contributed by atoms with van der Waals surface area (Å²) in [6.45, 7) is 0. The van der Waals surface area contributed by atoms with Crippen LogP contribution in [-0.2, 0) is 0 Å². The van der Waals surface area contributed by atoms with E-state index in [0.717, 1.165) is 34.8 Å². The lowest BCUT2D eigenvalue weighted by atomic mass is 9.60. The molecular weight excluding hydrogens is 352 g/mol. The summed E-state index contributed by atoms with van der Waals surface area (Å²) < 4.78 is 10.9. The SMILES string of the molecule is COc1cc2c(cc1C=O)C1c3ccccc3C2c2cc(OC)c(C=O)cc21. The number of carbonyl (C=O) groups excluding carboxylic acids is 2. The summed E-state index contributed by atoms with van der Waals surface area (Å²) >= 11 is 0. The van der Waals surface area contributed by atoms with Crippen LogP contribution >= 0.6 is 0 Å². The highest BCUT2D eigenvalue weighted by atomic mass is 16.5. The van der Waals surface area contributed by atoms with Gasteiger partial charge in [0.1, 0.15) is 11.5 Å². The molecule has 0 aromatic heterocycles. The molecule has 0 fully saturated rings. The smallest absolute Gasteiger partial charge is 0.153 e. The van der Waals surface area contributed by atoms with Crippen molar-refractivity contribution in [3.63, 3.8) is 0 Å². The second-order valence-corrected chi connectivity index (χ2v) is 7.18. The van der Waals surface area contributed by atoms with Gasteiger partial charge >= 0.3 is 0 Å². The van der Waals surface area contributed by atoms with E-state index in [1.165, 1.54) is 11.1 Å². The van der Waals surface area contributed by atoms with E-state index in [0.29, 0.717) is 22.6 Å². The summed E-state index contributed by atoms with van der Waals surface area (Å²) in [5, 5.41) is 0. The van der Waals surface area contributed by atoms with E-state index in [1.807, 2.05) is 36.4 Å². The van der Waals surface area contributed by atoms with Crippen molar-refractivity contribution in [2.24, 2.45) is 0 Å². The van der Waals surface area contributed by atoms with Crippen LogP contribution in [0, 0.1) is 0 Å². The molecule has 0 amide bonds. The third-order valence-corrected chi connectivity index (χ3v) is 5.99. The van der Waals surface area contributed by atoms with Crippen molar-refractivity contribution in [1.29, 1.82) is 0 Å². The van der Waals surface area contributed by atoms with Gasteiger partial charge in [0.15, 0.2) is 12.6 Å². The van der Waals surface area contributed by atoms with E-state index < -0.39 is 0 Å². The summed E-state index contributed by atoms with van der Waals surface area (Å²) in [4.78, 5) is 23.2. The molecule has 0 unspecified atom stereocenters. The van der Waals surface area contributed by atoms with Crippen LogP contribution in [0.4, 0.5) is 0 Å². The van der Waals surface area contributed by atoms with Crippen molar-refractivity contribution in [3.8, 4) is 11.5 Å². The Morgan fingerprint density at radius 2 is 1.04 bits per heavy atom. The summed E-state index contributed by atoms with van der Waals surface area (Å²) in [6.07, 6.45) is 1.66. The van der Waals surface area contributed by atoms with Gasteiger partial charge in [-0.15, -0.1) is 0 Å². The van der Waals surface area contributed by atoms with E-state index in [1.54, 1.807) is 14.2 Å². The Morgan fingerprint density at radius 3 is 1.39 bits per heavy atom. The Bertz CT molecular complexity index is 1080. The first-order chi connectivity index (χ1) is 13.7. The van der Waals surface area contributed by atoms with Crippen molar-refractivity contribution < 1.29 is 19.1 Å². The number of carbonyl (C=O) groups is 2. The average Bonchev–Trinajstić information content (AvgIpc) is 2.76. The van der Waals surface area contributed by atoms with E-state index >= 15 is 0 Å². The molecule has 0 saturated carbocycles. The highest BCUT2D eigenvalue weighted by Crippen LogP contribution is 2.57. The molecule has 138 valence electrons. The van der Waals surface area contributed by atoms with Gasteiger partial charge in [-0.1, -0.05) is 24.3 Å². The second kappa shape index (κ2) is 6.06. The number of rotatable bonds is 4. The zero-order valence-corrected chi connectivity index (χ0v) is 15.6. The number of methoxy groups -OCH3 is 2. The van der Waals surface area contributed by atoms with Crippen LogP contribution < -0.4 is 9.47 Å². The van der Waals surface area contributed by atoms with Crippen LogP contribution in [0.25, 0.3) is 0 Å². The predicted molar refractivity (Wildman–Crippen MR) is 105 cm³/mol. The van der Waals surface area contributed by atoms with Gasteiger partial charge in [0.25, 0.3) is 0 Å². The second-order valence-electron chi connectivity index (χ2n) is 7.18. The average molecular weight is 370 g/mol. The van der Waals surface area contributed by atoms with Crippen molar-refractivity contribution in [1.82, 2.24) is 0 Å². The minimum Gasteiger partial charge on any atom is -0.496 e. The first kappa shape index (κ1) is 16.8. The van der Waals surface area contributed by atoms with Crippen LogP contribution in [0.3, 0.4) is 0 Å². The molecule has 3 aliphatic carbocycles. The molecule has 4 nitrogen and oxygen atoms in total. The molecule has 6 rings (SSSR count). The molecule has 0 spiro atoms. The Balaban J connectivity index is 1.86. The molecule has 3 aromatic rings. The molecular formula is C24H18O4. The molecule has 0 aliphatic heterocycles. The Hall–Kier alpha value is -3.40. The van der Waals surface area contributed by atoms with Crippen LogP contribution in [0.1, 0.15) is 65.9 Å². The Kier molecular flexibility index (Phi) is 3.63. The Morgan fingerprint density at radius 1 is 0.643 bits per heavy atom. The van der Waals surface area contributed by atoms with E-state index in [4.69, 9.17) is 9.47 Å². The molecule has 3 aliphatic rings. The lowest BCUT2D eigenvalue weighted by Crippen LogP contribution is -2.28. The van der Waals surface area contributed by atoms with Crippen LogP contribution in [0.5, 0.6) is 11.5 Å². The zero-order valence-electron chi connectivity index (χ0n) is 15.6. The predicted octanol–water partition coefficient (Wildman–Crippen LogP) is 4.32. The maximum absolute atomic E-state index is 11.6. The normalized spacial score (nSPS) is 17.9. The van der Waals surface area contributed by atoms with Gasteiger partial charge in [0, 0.05) is 11.8 Å². The maximum atomic E-state index is 11.6. The summed E-state index contributed by atoms with van der Waals surface area (Å²) in [7, 11) is 3.16. The number of benzene rings is 3. The van der Waals surface area contributed by atoms with E-state index in [9.17, 15) is 9.59 Å². The number of hydrogen-bond acceptors (Lipinski definition) is 4. The summed E-state index contributed by atoms with van der Waals surface area (Å²) in [6, 6.07) is 16.2. The van der Waals surface area contributed by atoms with Crippen LogP contribution in [-0.4, -0.2) is 26.8 Å². The Labute approximate surface area is 162 Å². The third-order valence-electron chi connectivity index (χ3n) is 5.99. The summed E-state index contributed by atoms with van der Waals surface area (Å²) in [5.41, 5.74) is 8.01. The highest BCUT2D eigenvalue weighted by molar-refractivity contribution is 5.84. The third kappa shape index (κ3) is 2.06. The number of hydrogen-bond donors (Lipinski definition) is 0. The van der Waals surface area contributed by atoms with Gasteiger partial charge in [-0.2, -0.15) is 0 Å². The topological polar surface area (TPSA) is 52.6 Å². The molecule has 0 atom stereocenters. The molecule has 0 N–H and O–H groups in total. The van der Waals surface area contributed by atoms with Gasteiger partial charge < -0.3 is 9.47 Å². The molecule has 0 radical (unpaired) electrons. The van der Waals surface area contributed by atoms with E-state index in [2.05, 4.69) is 12.1 Å². The van der Waals surface area contributed by atoms with Crippen molar-refractivity contribution in [3.05, 3.63) is 93.0 Å². The molecule has 4 heteroatoms. The maximum Gasteiger partial charge on any atom is 0.153 e. The largest absolute Gasteiger partial charge is 0.496 e. The fraction of sp³-hybridized carbons (Fsp3) is 0.167. The molecule has 2 bridgehead atoms. The molecule has 3 aromatic carbocycles. The van der Waals surface area contributed by atoms with Crippen molar-refractivity contribution >= 4 is 12.6 Å². The van der Waals surface area contributed by atoms with Gasteiger partial charge in [-0.05, 0) is 57.6 Å². The molecule has 0 saturated heterocycles. The van der Waals surface area contributed by atoms with Gasteiger partial charge in [-0.3, -0.25) is 9.59 Å². The first-order valence-corrected chi connectivity index (χ1v) is 9.14. The summed E-state index contributed by atoms with van der Waals surface area (Å²) in [5.74, 6) is 1.14. The van der Waals surface area contributed by atoms with Gasteiger partial charge in [0.05, 0.1) is 25.3 Å². The fourth-order valence-corrected chi connectivity index (χ4v) is 4.84. The van der Waals surface area contributed by atoms with Gasteiger partial charge in [0.2, 0.25) is 0 Å². The first-order valence-electron chi connectivity index (χ1n) is 9.14. The van der Waals surface area contributed by atoms with Crippen molar-refractivity contribution in [2.45, 2.75) is 11.8 Å². The quantitative estimate of drug-likeness (QED) is 0.442.